The molecule has 1 aromatic heterocycles. The molecule has 1 spiro atoms. The number of allylic oxidation sites excluding steroid dienone is 1. The molecule has 2 fully saturated rings. The zero-order valence-corrected chi connectivity index (χ0v) is 15.4. The molecular formula is C21H28N2O3. The van der Waals surface area contributed by atoms with Gasteiger partial charge in [0, 0.05) is 37.5 Å². The molecule has 1 atom stereocenters. The number of rotatable bonds is 5. The average Bonchev–Trinajstić information content (AvgIpc) is 3.34. The molecule has 0 saturated carbocycles. The van der Waals surface area contributed by atoms with E-state index in [1.54, 1.807) is 6.20 Å². The normalized spacial score (nSPS) is 24.7. The first kappa shape index (κ1) is 17.5. The van der Waals surface area contributed by atoms with Gasteiger partial charge in [0.1, 0.15) is 0 Å². The number of hydrogen-bond donors (Lipinski definition) is 0. The van der Waals surface area contributed by atoms with Crippen LogP contribution in [0.4, 0.5) is 0 Å². The van der Waals surface area contributed by atoms with Crippen molar-refractivity contribution in [1.29, 1.82) is 0 Å². The smallest absolute Gasteiger partial charge is 0.249 e. The van der Waals surface area contributed by atoms with Gasteiger partial charge in [0.25, 0.3) is 0 Å². The lowest BCUT2D eigenvalue weighted by molar-refractivity contribution is -0.133. The third kappa shape index (κ3) is 3.63. The Hall–Kier alpha value is -1.88. The van der Waals surface area contributed by atoms with Crippen LogP contribution in [0.25, 0.3) is 0 Å². The number of aromatic nitrogens is 1. The second kappa shape index (κ2) is 7.78. The van der Waals surface area contributed by atoms with Crippen LogP contribution in [0.2, 0.25) is 0 Å². The van der Waals surface area contributed by atoms with Crippen LogP contribution in [0.1, 0.15) is 44.9 Å². The SMILES string of the molecule is O=C(C1=CCCC1)N1CCC2(CC1)OCC[C@@H]2CCOc1ccccn1. The fraction of sp³-hybridized carbons (Fsp3) is 0.619. The minimum absolute atomic E-state index is 0.0612. The summed E-state index contributed by atoms with van der Waals surface area (Å²) in [6.45, 7) is 3.12. The Morgan fingerprint density at radius 2 is 2.23 bits per heavy atom. The van der Waals surface area contributed by atoms with Gasteiger partial charge in [-0.2, -0.15) is 0 Å². The second-order valence-electron chi connectivity index (χ2n) is 7.62. The Balaban J connectivity index is 1.29. The van der Waals surface area contributed by atoms with Crippen molar-refractivity contribution < 1.29 is 14.3 Å². The predicted octanol–water partition coefficient (Wildman–Crippen LogP) is 3.36. The van der Waals surface area contributed by atoms with E-state index in [0.29, 0.717) is 18.4 Å². The Morgan fingerprint density at radius 1 is 1.35 bits per heavy atom. The molecule has 1 aromatic rings. The summed E-state index contributed by atoms with van der Waals surface area (Å²) in [5.41, 5.74) is 0.961. The summed E-state index contributed by atoms with van der Waals surface area (Å²) >= 11 is 0. The lowest BCUT2D eigenvalue weighted by Crippen LogP contribution is -2.49. The number of piperidine rings is 1. The number of ether oxygens (including phenoxy) is 2. The van der Waals surface area contributed by atoms with Gasteiger partial charge in [0.05, 0.1) is 12.2 Å². The first-order valence-electron chi connectivity index (χ1n) is 9.93. The van der Waals surface area contributed by atoms with E-state index in [1.807, 2.05) is 23.1 Å². The van der Waals surface area contributed by atoms with Gasteiger partial charge >= 0.3 is 0 Å². The number of likely N-dealkylation sites (tertiary alicyclic amines) is 1. The number of pyridine rings is 1. The van der Waals surface area contributed by atoms with Crippen molar-refractivity contribution in [2.24, 2.45) is 5.92 Å². The first-order valence-corrected chi connectivity index (χ1v) is 9.93. The molecule has 1 amide bonds. The largest absolute Gasteiger partial charge is 0.478 e. The molecule has 2 aliphatic heterocycles. The highest BCUT2D eigenvalue weighted by molar-refractivity contribution is 5.93. The molecule has 4 rings (SSSR count). The van der Waals surface area contributed by atoms with Crippen molar-refractivity contribution in [2.75, 3.05) is 26.3 Å². The van der Waals surface area contributed by atoms with Crippen molar-refractivity contribution in [2.45, 2.75) is 50.5 Å². The lowest BCUT2D eigenvalue weighted by Gasteiger charge is -2.42. The summed E-state index contributed by atoms with van der Waals surface area (Å²) in [7, 11) is 0. The minimum atomic E-state index is -0.0612. The molecule has 0 bridgehead atoms. The Labute approximate surface area is 155 Å². The molecule has 0 unspecified atom stereocenters. The van der Waals surface area contributed by atoms with Gasteiger partial charge in [-0.05, 0) is 56.9 Å². The summed E-state index contributed by atoms with van der Waals surface area (Å²) in [4.78, 5) is 18.8. The fourth-order valence-corrected chi connectivity index (χ4v) is 4.64. The fourth-order valence-electron chi connectivity index (χ4n) is 4.64. The van der Waals surface area contributed by atoms with Crippen molar-refractivity contribution in [3.63, 3.8) is 0 Å². The molecule has 3 heterocycles. The highest BCUT2D eigenvalue weighted by atomic mass is 16.5. The van der Waals surface area contributed by atoms with Crippen LogP contribution in [-0.4, -0.2) is 47.7 Å². The monoisotopic (exact) mass is 356 g/mol. The molecule has 26 heavy (non-hydrogen) atoms. The Kier molecular flexibility index (Phi) is 5.25. The van der Waals surface area contributed by atoms with Crippen molar-refractivity contribution >= 4 is 5.91 Å². The summed E-state index contributed by atoms with van der Waals surface area (Å²) in [5.74, 6) is 1.45. The van der Waals surface area contributed by atoms with E-state index in [1.165, 1.54) is 0 Å². The number of amides is 1. The molecule has 0 aromatic carbocycles. The summed E-state index contributed by atoms with van der Waals surface area (Å²) < 4.78 is 12.0. The molecule has 0 N–H and O–H groups in total. The van der Waals surface area contributed by atoms with E-state index in [2.05, 4.69) is 11.1 Å². The number of hydrogen-bond acceptors (Lipinski definition) is 4. The van der Waals surface area contributed by atoms with Gasteiger partial charge in [-0.15, -0.1) is 0 Å². The lowest BCUT2D eigenvalue weighted by atomic mass is 9.78. The molecular weight excluding hydrogens is 328 g/mol. The molecule has 0 radical (unpaired) electrons. The summed E-state index contributed by atoms with van der Waals surface area (Å²) in [6.07, 6.45) is 11.0. The average molecular weight is 356 g/mol. The zero-order chi connectivity index (χ0) is 17.8. The number of carbonyl (C=O) groups is 1. The molecule has 2 saturated heterocycles. The van der Waals surface area contributed by atoms with Gasteiger partial charge in [-0.25, -0.2) is 4.98 Å². The third-order valence-corrected chi connectivity index (χ3v) is 6.17. The van der Waals surface area contributed by atoms with E-state index in [4.69, 9.17) is 9.47 Å². The summed E-state index contributed by atoms with van der Waals surface area (Å²) in [6, 6.07) is 5.72. The number of carbonyl (C=O) groups excluding carboxylic acids is 1. The van der Waals surface area contributed by atoms with E-state index < -0.39 is 0 Å². The highest BCUT2D eigenvalue weighted by Gasteiger charge is 2.46. The maximum Gasteiger partial charge on any atom is 0.249 e. The molecule has 5 heteroatoms. The van der Waals surface area contributed by atoms with Crippen molar-refractivity contribution in [3.05, 3.63) is 36.0 Å². The second-order valence-corrected chi connectivity index (χ2v) is 7.62. The first-order chi connectivity index (χ1) is 12.8. The van der Waals surface area contributed by atoms with E-state index in [9.17, 15) is 4.79 Å². The van der Waals surface area contributed by atoms with Crippen molar-refractivity contribution in [1.82, 2.24) is 9.88 Å². The predicted molar refractivity (Wildman–Crippen MR) is 98.9 cm³/mol. The van der Waals surface area contributed by atoms with Crippen LogP contribution in [0.15, 0.2) is 36.0 Å². The van der Waals surface area contributed by atoms with Gasteiger partial charge in [-0.1, -0.05) is 12.1 Å². The Bertz CT molecular complexity index is 650. The molecule has 1 aliphatic carbocycles. The zero-order valence-electron chi connectivity index (χ0n) is 15.4. The molecule has 5 nitrogen and oxygen atoms in total. The third-order valence-electron chi connectivity index (χ3n) is 6.17. The van der Waals surface area contributed by atoms with Gasteiger partial charge in [0.15, 0.2) is 0 Å². The van der Waals surface area contributed by atoms with Gasteiger partial charge < -0.3 is 14.4 Å². The van der Waals surface area contributed by atoms with Crippen LogP contribution < -0.4 is 4.74 Å². The topological polar surface area (TPSA) is 51.7 Å². The molecule has 140 valence electrons. The van der Waals surface area contributed by atoms with E-state index >= 15 is 0 Å². The van der Waals surface area contributed by atoms with Crippen molar-refractivity contribution in [3.8, 4) is 5.88 Å². The van der Waals surface area contributed by atoms with E-state index in [0.717, 1.165) is 70.2 Å². The Morgan fingerprint density at radius 3 is 2.96 bits per heavy atom. The van der Waals surface area contributed by atoms with Gasteiger partial charge in [0.2, 0.25) is 11.8 Å². The standard InChI is InChI=1S/C21H28N2O3/c24-20(17-5-1-2-6-17)23-13-10-21(11-14-23)18(9-16-26-21)8-15-25-19-7-3-4-12-22-19/h3-5,7,12,18H,1-2,6,8-11,13-16H2/t18-/m0/s1. The van der Waals surface area contributed by atoms with Crippen LogP contribution >= 0.6 is 0 Å². The van der Waals surface area contributed by atoms with E-state index in [-0.39, 0.29) is 11.5 Å². The summed E-state index contributed by atoms with van der Waals surface area (Å²) in [5, 5.41) is 0. The molecule has 3 aliphatic rings. The van der Waals surface area contributed by atoms with Crippen LogP contribution in [-0.2, 0) is 9.53 Å². The van der Waals surface area contributed by atoms with Gasteiger partial charge in [-0.3, -0.25) is 4.79 Å². The highest BCUT2D eigenvalue weighted by Crippen LogP contribution is 2.42. The van der Waals surface area contributed by atoms with Crippen LogP contribution in [0.5, 0.6) is 5.88 Å². The minimum Gasteiger partial charge on any atom is -0.478 e. The maximum absolute atomic E-state index is 12.6. The van der Waals surface area contributed by atoms with Crippen LogP contribution in [0.3, 0.4) is 0 Å². The maximum atomic E-state index is 12.6. The quantitative estimate of drug-likeness (QED) is 0.812. The van der Waals surface area contributed by atoms with Crippen LogP contribution in [0, 0.1) is 5.92 Å². The number of nitrogens with zero attached hydrogens (tertiary/aromatic N) is 2.